The van der Waals surface area contributed by atoms with E-state index in [0.717, 1.165) is 9.80 Å². The lowest BCUT2D eigenvalue weighted by atomic mass is 10.2. The summed E-state index contributed by atoms with van der Waals surface area (Å²) >= 11 is 7.13. The smallest absolute Gasteiger partial charge is 0.337 e. The third kappa shape index (κ3) is 3.23. The molecular formula is C12H11ClN2O4S. The SMILES string of the molecule is O=C(O)c1cc(SCCN2C(=O)CNC2=O)ccc1Cl. The summed E-state index contributed by atoms with van der Waals surface area (Å²) in [6.07, 6.45) is 0. The van der Waals surface area contributed by atoms with Gasteiger partial charge >= 0.3 is 12.0 Å². The molecule has 0 aliphatic carbocycles. The molecule has 106 valence electrons. The molecule has 1 aromatic rings. The number of carbonyl (C=O) groups excluding carboxylic acids is 2. The quantitative estimate of drug-likeness (QED) is 0.638. The van der Waals surface area contributed by atoms with Crippen LogP contribution in [0.25, 0.3) is 0 Å². The minimum absolute atomic E-state index is 0.0339. The molecule has 0 bridgehead atoms. The van der Waals surface area contributed by atoms with E-state index in [4.69, 9.17) is 16.7 Å². The Morgan fingerprint density at radius 2 is 2.20 bits per heavy atom. The van der Waals surface area contributed by atoms with E-state index in [-0.39, 0.29) is 29.6 Å². The van der Waals surface area contributed by atoms with Crippen molar-refractivity contribution in [1.82, 2.24) is 10.2 Å². The van der Waals surface area contributed by atoms with E-state index in [1.807, 2.05) is 0 Å². The van der Waals surface area contributed by atoms with Crippen LogP contribution >= 0.6 is 23.4 Å². The molecule has 0 radical (unpaired) electrons. The van der Waals surface area contributed by atoms with Crippen LogP contribution in [0.1, 0.15) is 10.4 Å². The fourth-order valence-corrected chi connectivity index (χ4v) is 2.77. The standard InChI is InChI=1S/C12H11ClN2O4S/c13-9-2-1-7(5-8(9)11(17)18)20-4-3-15-10(16)6-14-12(15)19/h1-2,5H,3-4,6H2,(H,14,19)(H,17,18). The number of amides is 3. The molecule has 3 amide bonds. The minimum atomic E-state index is -1.09. The normalized spacial score (nSPS) is 14.6. The van der Waals surface area contributed by atoms with E-state index in [9.17, 15) is 14.4 Å². The van der Waals surface area contributed by atoms with Crippen LogP contribution < -0.4 is 5.32 Å². The summed E-state index contributed by atoms with van der Waals surface area (Å²) in [6.45, 7) is 0.313. The van der Waals surface area contributed by atoms with Crippen molar-refractivity contribution in [2.75, 3.05) is 18.8 Å². The first-order valence-corrected chi connectivity index (χ1v) is 7.09. The number of nitrogens with zero attached hydrogens (tertiary/aromatic N) is 1. The van der Waals surface area contributed by atoms with Crippen LogP contribution in [0, 0.1) is 0 Å². The highest BCUT2D eigenvalue weighted by Gasteiger charge is 2.27. The van der Waals surface area contributed by atoms with Crippen LogP contribution in [0.3, 0.4) is 0 Å². The number of benzene rings is 1. The molecule has 1 fully saturated rings. The van der Waals surface area contributed by atoms with Gasteiger partial charge in [-0.25, -0.2) is 9.59 Å². The summed E-state index contributed by atoms with van der Waals surface area (Å²) in [4.78, 5) is 35.5. The van der Waals surface area contributed by atoms with E-state index in [2.05, 4.69) is 5.32 Å². The summed E-state index contributed by atoms with van der Waals surface area (Å²) in [7, 11) is 0. The fourth-order valence-electron chi connectivity index (χ4n) is 1.69. The van der Waals surface area contributed by atoms with Crippen LogP contribution in [0.4, 0.5) is 4.79 Å². The number of hydrogen-bond acceptors (Lipinski definition) is 4. The topological polar surface area (TPSA) is 86.7 Å². The van der Waals surface area contributed by atoms with Crippen LogP contribution in [-0.4, -0.2) is 46.8 Å². The van der Waals surface area contributed by atoms with Gasteiger partial charge < -0.3 is 10.4 Å². The molecule has 1 aliphatic rings. The average molecular weight is 315 g/mol. The van der Waals surface area contributed by atoms with E-state index in [0.29, 0.717) is 5.75 Å². The second-order valence-corrected chi connectivity index (χ2v) is 5.57. The molecule has 1 aromatic carbocycles. The van der Waals surface area contributed by atoms with Crippen molar-refractivity contribution in [2.45, 2.75) is 4.90 Å². The lowest BCUT2D eigenvalue weighted by Crippen LogP contribution is -2.32. The lowest BCUT2D eigenvalue weighted by molar-refractivity contribution is -0.124. The third-order valence-electron chi connectivity index (χ3n) is 2.69. The summed E-state index contributed by atoms with van der Waals surface area (Å²) in [5.74, 6) is -0.857. The summed E-state index contributed by atoms with van der Waals surface area (Å²) in [6, 6.07) is 4.30. The number of thioether (sulfide) groups is 1. The summed E-state index contributed by atoms with van der Waals surface area (Å²) in [5.41, 5.74) is 0.0339. The molecule has 0 saturated carbocycles. The van der Waals surface area contributed by atoms with E-state index >= 15 is 0 Å². The maximum Gasteiger partial charge on any atom is 0.337 e. The first kappa shape index (κ1) is 14.7. The Hall–Kier alpha value is -1.73. The highest BCUT2D eigenvalue weighted by Crippen LogP contribution is 2.24. The number of carbonyl (C=O) groups is 3. The molecule has 20 heavy (non-hydrogen) atoms. The molecule has 0 aromatic heterocycles. The monoisotopic (exact) mass is 314 g/mol. The van der Waals surface area contributed by atoms with E-state index in [1.165, 1.54) is 23.9 Å². The van der Waals surface area contributed by atoms with Crippen molar-refractivity contribution in [3.8, 4) is 0 Å². The number of imide groups is 1. The Kier molecular flexibility index (Phi) is 4.51. The van der Waals surface area contributed by atoms with Crippen molar-refractivity contribution >= 4 is 41.3 Å². The number of carboxylic acid groups (broad SMARTS) is 1. The number of halogens is 1. The Morgan fingerprint density at radius 1 is 1.45 bits per heavy atom. The number of urea groups is 1. The Labute approximate surface area is 124 Å². The van der Waals surface area contributed by atoms with Gasteiger partial charge in [0.25, 0.3) is 0 Å². The predicted molar refractivity (Wildman–Crippen MR) is 74.2 cm³/mol. The Morgan fingerprint density at radius 3 is 2.80 bits per heavy atom. The van der Waals surface area contributed by atoms with E-state index < -0.39 is 12.0 Å². The van der Waals surface area contributed by atoms with Gasteiger partial charge in [-0.2, -0.15) is 0 Å². The predicted octanol–water partition coefficient (Wildman–Crippen LogP) is 1.68. The molecule has 0 spiro atoms. The molecule has 2 rings (SSSR count). The molecule has 0 atom stereocenters. The number of rotatable bonds is 5. The summed E-state index contributed by atoms with van der Waals surface area (Å²) in [5, 5.41) is 11.6. The zero-order chi connectivity index (χ0) is 14.7. The molecule has 1 heterocycles. The molecule has 8 heteroatoms. The van der Waals surface area contributed by atoms with Crippen molar-refractivity contribution < 1.29 is 19.5 Å². The molecule has 1 aliphatic heterocycles. The fraction of sp³-hybridized carbons (Fsp3) is 0.250. The second kappa shape index (κ2) is 6.15. The number of hydrogen-bond donors (Lipinski definition) is 2. The van der Waals surface area contributed by atoms with Crippen molar-refractivity contribution in [1.29, 1.82) is 0 Å². The van der Waals surface area contributed by atoms with Crippen molar-refractivity contribution in [2.24, 2.45) is 0 Å². The first-order valence-electron chi connectivity index (χ1n) is 5.73. The molecule has 0 unspecified atom stereocenters. The zero-order valence-electron chi connectivity index (χ0n) is 10.3. The lowest BCUT2D eigenvalue weighted by Gasteiger charge is -2.11. The van der Waals surface area contributed by atoms with E-state index in [1.54, 1.807) is 6.07 Å². The van der Waals surface area contributed by atoms with Crippen LogP contribution in [0.2, 0.25) is 5.02 Å². The number of aromatic carboxylic acids is 1. The maximum atomic E-state index is 11.4. The van der Waals surface area contributed by atoms with Gasteiger partial charge in [-0.15, -0.1) is 11.8 Å². The van der Waals surface area contributed by atoms with Crippen molar-refractivity contribution in [3.05, 3.63) is 28.8 Å². The second-order valence-electron chi connectivity index (χ2n) is 4.00. The number of carboxylic acids is 1. The Balaban J connectivity index is 1.94. The third-order valence-corrected chi connectivity index (χ3v) is 3.99. The Bertz CT molecular complexity index is 563. The van der Waals surface area contributed by atoms with Gasteiger partial charge in [-0.3, -0.25) is 9.69 Å². The minimum Gasteiger partial charge on any atom is -0.478 e. The van der Waals surface area contributed by atoms with Crippen LogP contribution in [0.15, 0.2) is 23.1 Å². The summed E-state index contributed by atoms with van der Waals surface area (Å²) < 4.78 is 0. The van der Waals surface area contributed by atoms with Gasteiger partial charge in [0.15, 0.2) is 0 Å². The highest BCUT2D eigenvalue weighted by atomic mass is 35.5. The highest BCUT2D eigenvalue weighted by molar-refractivity contribution is 7.99. The van der Waals surface area contributed by atoms with Gasteiger partial charge in [0, 0.05) is 17.2 Å². The maximum absolute atomic E-state index is 11.4. The molecule has 1 saturated heterocycles. The number of nitrogens with one attached hydrogen (secondary N) is 1. The zero-order valence-corrected chi connectivity index (χ0v) is 11.8. The van der Waals surface area contributed by atoms with Gasteiger partial charge in [0.2, 0.25) is 5.91 Å². The average Bonchev–Trinajstić information content (AvgIpc) is 2.72. The van der Waals surface area contributed by atoms with Gasteiger partial charge in [0.05, 0.1) is 17.1 Å². The van der Waals surface area contributed by atoms with Gasteiger partial charge in [-0.05, 0) is 18.2 Å². The largest absolute Gasteiger partial charge is 0.478 e. The molecule has 6 nitrogen and oxygen atoms in total. The molecular weight excluding hydrogens is 304 g/mol. The van der Waals surface area contributed by atoms with Crippen LogP contribution in [-0.2, 0) is 4.79 Å². The van der Waals surface area contributed by atoms with Crippen molar-refractivity contribution in [3.63, 3.8) is 0 Å². The van der Waals surface area contributed by atoms with Gasteiger partial charge in [0.1, 0.15) is 0 Å². The molecule has 2 N–H and O–H groups in total. The first-order chi connectivity index (χ1) is 9.49. The van der Waals surface area contributed by atoms with Crippen LogP contribution in [0.5, 0.6) is 0 Å². The van der Waals surface area contributed by atoms with Gasteiger partial charge in [-0.1, -0.05) is 11.6 Å².